The maximum Gasteiger partial charge on any atom is 0.261 e. The minimum absolute atomic E-state index is 0.188. The summed E-state index contributed by atoms with van der Waals surface area (Å²) in [6, 6.07) is 5.44. The molecule has 0 fully saturated rings. The minimum Gasteiger partial charge on any atom is -0.383 e. The molecule has 0 radical (unpaired) electrons. The number of rotatable bonds is 5. The molecule has 1 heterocycles. The molecule has 1 N–H and O–H groups in total. The Morgan fingerprint density at radius 1 is 1.26 bits per heavy atom. The third-order valence-electron chi connectivity index (χ3n) is 3.32. The van der Waals surface area contributed by atoms with Crippen LogP contribution in [0.15, 0.2) is 18.2 Å². The van der Waals surface area contributed by atoms with Gasteiger partial charge in [0.2, 0.25) is 0 Å². The molecular formula is C14H18N2O3. The van der Waals surface area contributed by atoms with Crippen molar-refractivity contribution in [2.75, 3.05) is 26.1 Å². The van der Waals surface area contributed by atoms with Gasteiger partial charge < -0.3 is 10.1 Å². The van der Waals surface area contributed by atoms with Gasteiger partial charge in [-0.1, -0.05) is 6.92 Å². The normalized spacial score (nSPS) is 15.6. The fourth-order valence-electron chi connectivity index (χ4n) is 2.15. The van der Waals surface area contributed by atoms with E-state index in [0.29, 0.717) is 17.7 Å². The predicted octanol–water partition coefficient (Wildman–Crippen LogP) is 1.75. The van der Waals surface area contributed by atoms with Gasteiger partial charge in [0.1, 0.15) is 0 Å². The van der Waals surface area contributed by atoms with Crippen LogP contribution in [0, 0.1) is 0 Å². The zero-order chi connectivity index (χ0) is 14.0. The summed E-state index contributed by atoms with van der Waals surface area (Å²) in [7, 11) is 3.15. The van der Waals surface area contributed by atoms with E-state index in [2.05, 4.69) is 12.2 Å². The topological polar surface area (TPSA) is 58.6 Å². The standard InChI is InChI=1S/C14H18N2O3/c1-4-9(8-19-3)15-10-5-6-11-12(7-10)14(18)16(2)13(11)17/h5-7,9,15H,4,8H2,1-3H3. The molecule has 0 aliphatic carbocycles. The molecule has 102 valence electrons. The number of fused-ring (bicyclic) bond motifs is 1. The summed E-state index contributed by atoms with van der Waals surface area (Å²) < 4.78 is 5.12. The van der Waals surface area contributed by atoms with Crippen LogP contribution in [0.2, 0.25) is 0 Å². The quantitative estimate of drug-likeness (QED) is 0.821. The van der Waals surface area contributed by atoms with Crippen molar-refractivity contribution < 1.29 is 14.3 Å². The number of methoxy groups -OCH3 is 1. The Morgan fingerprint density at radius 3 is 2.58 bits per heavy atom. The Morgan fingerprint density at radius 2 is 1.95 bits per heavy atom. The van der Waals surface area contributed by atoms with Crippen molar-refractivity contribution in [2.45, 2.75) is 19.4 Å². The second-order valence-electron chi connectivity index (χ2n) is 4.63. The number of anilines is 1. The van der Waals surface area contributed by atoms with Gasteiger partial charge in [0.25, 0.3) is 11.8 Å². The highest BCUT2D eigenvalue weighted by Crippen LogP contribution is 2.25. The zero-order valence-electron chi connectivity index (χ0n) is 11.4. The molecular weight excluding hydrogens is 244 g/mol. The number of nitrogens with one attached hydrogen (secondary N) is 1. The fourth-order valence-corrected chi connectivity index (χ4v) is 2.15. The van der Waals surface area contributed by atoms with Gasteiger partial charge in [0, 0.05) is 25.9 Å². The number of hydrogen-bond donors (Lipinski definition) is 1. The maximum atomic E-state index is 11.9. The SMILES string of the molecule is CCC(COC)Nc1ccc2c(c1)C(=O)N(C)C2=O. The number of imide groups is 1. The number of carbonyl (C=O) groups is 2. The monoisotopic (exact) mass is 262 g/mol. The van der Waals surface area contributed by atoms with Crippen LogP contribution < -0.4 is 5.32 Å². The van der Waals surface area contributed by atoms with Crippen LogP contribution in [0.25, 0.3) is 0 Å². The summed E-state index contributed by atoms with van der Waals surface area (Å²) in [6.07, 6.45) is 0.914. The smallest absolute Gasteiger partial charge is 0.261 e. The van der Waals surface area contributed by atoms with Crippen molar-refractivity contribution in [3.63, 3.8) is 0 Å². The van der Waals surface area contributed by atoms with Crippen LogP contribution in [0.4, 0.5) is 5.69 Å². The van der Waals surface area contributed by atoms with Crippen molar-refractivity contribution in [1.82, 2.24) is 4.90 Å². The molecule has 1 aromatic rings. The lowest BCUT2D eigenvalue weighted by Crippen LogP contribution is -2.24. The lowest BCUT2D eigenvalue weighted by molar-refractivity contribution is 0.0693. The molecule has 1 unspecified atom stereocenters. The Kier molecular flexibility index (Phi) is 3.85. The molecule has 2 rings (SSSR count). The molecule has 0 saturated heterocycles. The third kappa shape index (κ3) is 2.46. The van der Waals surface area contributed by atoms with E-state index in [1.165, 1.54) is 7.05 Å². The first-order valence-electron chi connectivity index (χ1n) is 6.30. The Labute approximate surface area is 112 Å². The molecule has 1 atom stereocenters. The molecule has 1 aliphatic heterocycles. The highest BCUT2D eigenvalue weighted by molar-refractivity contribution is 6.21. The van der Waals surface area contributed by atoms with E-state index in [1.807, 2.05) is 6.07 Å². The van der Waals surface area contributed by atoms with E-state index in [0.717, 1.165) is 17.0 Å². The van der Waals surface area contributed by atoms with Crippen molar-refractivity contribution in [1.29, 1.82) is 0 Å². The first-order chi connectivity index (χ1) is 9.08. The first-order valence-corrected chi connectivity index (χ1v) is 6.30. The summed E-state index contributed by atoms with van der Waals surface area (Å²) in [4.78, 5) is 24.8. The summed E-state index contributed by atoms with van der Waals surface area (Å²) in [6.45, 7) is 2.66. The number of nitrogens with zero attached hydrogens (tertiary/aromatic N) is 1. The van der Waals surface area contributed by atoms with Gasteiger partial charge in [-0.25, -0.2) is 0 Å². The maximum absolute atomic E-state index is 11.9. The van der Waals surface area contributed by atoms with Crippen LogP contribution in [0.3, 0.4) is 0 Å². The van der Waals surface area contributed by atoms with E-state index in [-0.39, 0.29) is 17.9 Å². The molecule has 5 heteroatoms. The first kappa shape index (κ1) is 13.5. The van der Waals surface area contributed by atoms with E-state index in [4.69, 9.17) is 4.74 Å². The highest BCUT2D eigenvalue weighted by Gasteiger charge is 2.32. The summed E-state index contributed by atoms with van der Waals surface area (Å²) in [5, 5.41) is 3.30. The highest BCUT2D eigenvalue weighted by atomic mass is 16.5. The summed E-state index contributed by atoms with van der Waals surface area (Å²) in [5.41, 5.74) is 1.77. The fraction of sp³-hybridized carbons (Fsp3) is 0.429. The van der Waals surface area contributed by atoms with E-state index in [1.54, 1.807) is 19.2 Å². The number of benzene rings is 1. The van der Waals surface area contributed by atoms with Crippen LogP contribution in [0.1, 0.15) is 34.1 Å². The Hall–Kier alpha value is -1.88. The average molecular weight is 262 g/mol. The van der Waals surface area contributed by atoms with Gasteiger partial charge in [0.15, 0.2) is 0 Å². The second-order valence-corrected chi connectivity index (χ2v) is 4.63. The number of ether oxygens (including phenoxy) is 1. The molecule has 19 heavy (non-hydrogen) atoms. The average Bonchev–Trinajstić information content (AvgIpc) is 2.63. The Bertz CT molecular complexity index is 513. The number of carbonyl (C=O) groups excluding carboxylic acids is 2. The molecule has 0 bridgehead atoms. The summed E-state index contributed by atoms with van der Waals surface area (Å²) >= 11 is 0. The van der Waals surface area contributed by atoms with Crippen molar-refractivity contribution in [2.24, 2.45) is 0 Å². The number of amides is 2. The lowest BCUT2D eigenvalue weighted by atomic mass is 10.1. The Balaban J connectivity index is 2.23. The lowest BCUT2D eigenvalue weighted by Gasteiger charge is -2.17. The van der Waals surface area contributed by atoms with Crippen LogP contribution >= 0.6 is 0 Å². The van der Waals surface area contributed by atoms with Gasteiger partial charge in [-0.2, -0.15) is 0 Å². The van der Waals surface area contributed by atoms with Crippen molar-refractivity contribution in [3.8, 4) is 0 Å². The zero-order valence-corrected chi connectivity index (χ0v) is 11.4. The minimum atomic E-state index is -0.247. The van der Waals surface area contributed by atoms with Crippen LogP contribution in [-0.2, 0) is 4.74 Å². The molecule has 0 saturated carbocycles. The van der Waals surface area contributed by atoms with Crippen molar-refractivity contribution >= 4 is 17.5 Å². The van der Waals surface area contributed by atoms with Crippen LogP contribution in [-0.4, -0.2) is 43.5 Å². The predicted molar refractivity (Wildman–Crippen MR) is 72.4 cm³/mol. The van der Waals surface area contributed by atoms with Gasteiger partial charge in [-0.3, -0.25) is 14.5 Å². The van der Waals surface area contributed by atoms with Crippen molar-refractivity contribution in [3.05, 3.63) is 29.3 Å². The van der Waals surface area contributed by atoms with Gasteiger partial charge in [0.05, 0.1) is 17.7 Å². The van der Waals surface area contributed by atoms with E-state index >= 15 is 0 Å². The molecule has 2 amide bonds. The van der Waals surface area contributed by atoms with E-state index < -0.39 is 0 Å². The molecule has 0 aromatic heterocycles. The van der Waals surface area contributed by atoms with Crippen LogP contribution in [0.5, 0.6) is 0 Å². The molecule has 5 nitrogen and oxygen atoms in total. The molecule has 1 aromatic carbocycles. The summed E-state index contributed by atoms with van der Waals surface area (Å²) in [5.74, 6) is -0.487. The number of hydrogen-bond acceptors (Lipinski definition) is 4. The molecule has 0 spiro atoms. The largest absolute Gasteiger partial charge is 0.383 e. The van der Waals surface area contributed by atoms with E-state index in [9.17, 15) is 9.59 Å². The molecule has 1 aliphatic rings. The second kappa shape index (κ2) is 5.40. The van der Waals surface area contributed by atoms with Gasteiger partial charge in [-0.05, 0) is 24.6 Å². The third-order valence-corrected chi connectivity index (χ3v) is 3.32. The van der Waals surface area contributed by atoms with Gasteiger partial charge >= 0.3 is 0 Å². The van der Waals surface area contributed by atoms with Gasteiger partial charge in [-0.15, -0.1) is 0 Å².